The van der Waals surface area contributed by atoms with Crippen LogP contribution in [0, 0.1) is 0 Å². The minimum absolute atomic E-state index is 0.0929. The number of rotatable bonds is 10. The van der Waals surface area contributed by atoms with Crippen LogP contribution in [0.3, 0.4) is 0 Å². The third-order valence-corrected chi connectivity index (χ3v) is 4.48. The van der Waals surface area contributed by atoms with E-state index in [9.17, 15) is 18.0 Å². The van der Waals surface area contributed by atoms with Crippen molar-refractivity contribution >= 4 is 6.29 Å². The van der Waals surface area contributed by atoms with Gasteiger partial charge >= 0.3 is 6.36 Å². The Morgan fingerprint density at radius 3 is 2.31 bits per heavy atom. The van der Waals surface area contributed by atoms with Crippen LogP contribution in [0.5, 0.6) is 23.0 Å². The van der Waals surface area contributed by atoms with E-state index in [-0.39, 0.29) is 12.4 Å². The first kappa shape index (κ1) is 23.0. The molecule has 32 heavy (non-hydrogen) atoms. The predicted octanol–water partition coefficient (Wildman–Crippen LogP) is 5.61. The molecule has 168 valence electrons. The van der Waals surface area contributed by atoms with E-state index in [1.54, 1.807) is 25.3 Å². The lowest BCUT2D eigenvalue weighted by Crippen LogP contribution is -2.17. The Morgan fingerprint density at radius 2 is 1.62 bits per heavy atom. The summed E-state index contributed by atoms with van der Waals surface area (Å²) in [6.07, 6.45) is -3.46. The average molecular weight is 446 g/mol. The van der Waals surface area contributed by atoms with Crippen LogP contribution in [0.25, 0.3) is 0 Å². The first-order chi connectivity index (χ1) is 15.4. The van der Waals surface area contributed by atoms with Gasteiger partial charge in [-0.15, -0.1) is 13.2 Å². The number of methoxy groups -OCH3 is 1. The Hall–Kier alpha value is -3.68. The Morgan fingerprint density at radius 1 is 0.875 bits per heavy atom. The lowest BCUT2D eigenvalue weighted by atomic mass is 10.1. The molecule has 0 saturated carbocycles. The zero-order valence-electron chi connectivity index (χ0n) is 17.2. The lowest BCUT2D eigenvalue weighted by molar-refractivity contribution is -0.274. The molecule has 3 aromatic carbocycles. The summed E-state index contributed by atoms with van der Waals surface area (Å²) in [6, 6.07) is 17.7. The van der Waals surface area contributed by atoms with Crippen LogP contribution in [0.2, 0.25) is 0 Å². The third-order valence-electron chi connectivity index (χ3n) is 4.48. The molecule has 0 radical (unpaired) electrons. The van der Waals surface area contributed by atoms with Crippen molar-refractivity contribution in [3.05, 3.63) is 83.4 Å². The van der Waals surface area contributed by atoms with Crippen molar-refractivity contribution in [3.63, 3.8) is 0 Å². The summed E-state index contributed by atoms with van der Waals surface area (Å²) in [5.74, 6) is 1.25. The van der Waals surface area contributed by atoms with Crippen LogP contribution in [0.1, 0.15) is 21.5 Å². The number of para-hydroxylation sites is 1. The molecule has 0 fully saturated rings. The zero-order chi connectivity index (χ0) is 23.0. The van der Waals surface area contributed by atoms with Crippen LogP contribution in [0.4, 0.5) is 13.2 Å². The van der Waals surface area contributed by atoms with Gasteiger partial charge in [0.05, 0.1) is 13.7 Å². The maximum absolute atomic E-state index is 12.3. The molecule has 0 N–H and O–H groups in total. The molecule has 0 bridgehead atoms. The molecule has 3 aromatic rings. The van der Waals surface area contributed by atoms with Gasteiger partial charge in [-0.1, -0.05) is 30.3 Å². The fourth-order valence-electron chi connectivity index (χ4n) is 2.96. The Labute approximate surface area is 183 Å². The second kappa shape index (κ2) is 10.6. The minimum atomic E-state index is -4.74. The number of hydrogen-bond donors (Lipinski definition) is 0. The summed E-state index contributed by atoms with van der Waals surface area (Å²) < 4.78 is 57.7. The van der Waals surface area contributed by atoms with E-state index >= 15 is 0 Å². The van der Waals surface area contributed by atoms with Gasteiger partial charge in [0.25, 0.3) is 0 Å². The predicted molar refractivity (Wildman–Crippen MR) is 111 cm³/mol. The number of benzene rings is 3. The van der Waals surface area contributed by atoms with Gasteiger partial charge in [-0.05, 0) is 47.5 Å². The number of ether oxygens (including phenoxy) is 4. The third kappa shape index (κ3) is 6.66. The van der Waals surface area contributed by atoms with E-state index in [0.717, 1.165) is 11.3 Å². The molecule has 0 amide bonds. The molecule has 0 saturated heterocycles. The lowest BCUT2D eigenvalue weighted by Gasteiger charge is -2.14. The van der Waals surface area contributed by atoms with Crippen LogP contribution in [-0.4, -0.2) is 26.4 Å². The molecule has 3 rings (SSSR count). The summed E-state index contributed by atoms with van der Waals surface area (Å²) in [5, 5.41) is 0. The van der Waals surface area contributed by atoms with E-state index in [4.69, 9.17) is 14.2 Å². The molecule has 0 aliphatic heterocycles. The quantitative estimate of drug-likeness (QED) is 0.379. The van der Waals surface area contributed by atoms with Crippen molar-refractivity contribution in [1.29, 1.82) is 0 Å². The maximum atomic E-state index is 12.3. The first-order valence-corrected chi connectivity index (χ1v) is 9.69. The standard InChI is InChI=1S/C24H21F3O5/c1-29-21-5-3-2-4-19(21)12-13-30-23-14-18(15-28)8-11-22(23)31-16-17-6-9-20(10-7-17)32-24(25,26)27/h2-11,14-15H,12-13,16H2,1H3. The number of aldehydes is 1. The minimum Gasteiger partial charge on any atom is -0.496 e. The molecule has 0 aromatic heterocycles. The van der Waals surface area contributed by atoms with Crippen LogP contribution in [0.15, 0.2) is 66.7 Å². The zero-order valence-corrected chi connectivity index (χ0v) is 17.2. The monoisotopic (exact) mass is 446 g/mol. The molecular weight excluding hydrogens is 425 g/mol. The highest BCUT2D eigenvalue weighted by atomic mass is 19.4. The fraction of sp³-hybridized carbons (Fsp3) is 0.208. The highest BCUT2D eigenvalue weighted by molar-refractivity contribution is 5.76. The highest BCUT2D eigenvalue weighted by Gasteiger charge is 2.30. The normalized spacial score (nSPS) is 11.0. The van der Waals surface area contributed by atoms with Crippen LogP contribution < -0.4 is 18.9 Å². The van der Waals surface area contributed by atoms with E-state index in [1.165, 1.54) is 24.3 Å². The van der Waals surface area contributed by atoms with Crippen LogP contribution >= 0.6 is 0 Å². The summed E-state index contributed by atoms with van der Waals surface area (Å²) in [5.41, 5.74) is 2.04. The largest absolute Gasteiger partial charge is 0.573 e. The van der Waals surface area contributed by atoms with Crippen molar-refractivity contribution in [2.45, 2.75) is 19.4 Å². The Kier molecular flexibility index (Phi) is 7.59. The van der Waals surface area contributed by atoms with Crippen LogP contribution in [-0.2, 0) is 13.0 Å². The summed E-state index contributed by atoms with van der Waals surface area (Å²) in [4.78, 5) is 11.2. The number of carbonyl (C=O) groups is 1. The van der Waals surface area contributed by atoms with Crippen molar-refractivity contribution in [1.82, 2.24) is 0 Å². The second-order valence-electron chi connectivity index (χ2n) is 6.71. The molecule has 0 atom stereocenters. The molecule has 0 unspecified atom stereocenters. The molecule has 0 aliphatic carbocycles. The molecule has 0 aliphatic rings. The second-order valence-corrected chi connectivity index (χ2v) is 6.71. The summed E-state index contributed by atoms with van der Waals surface area (Å²) in [7, 11) is 1.60. The first-order valence-electron chi connectivity index (χ1n) is 9.69. The number of hydrogen-bond acceptors (Lipinski definition) is 5. The average Bonchev–Trinajstić information content (AvgIpc) is 2.78. The van der Waals surface area contributed by atoms with E-state index in [0.29, 0.717) is 41.9 Å². The van der Waals surface area contributed by atoms with Crippen molar-refractivity contribution < 1.29 is 36.9 Å². The van der Waals surface area contributed by atoms with E-state index in [1.807, 2.05) is 24.3 Å². The van der Waals surface area contributed by atoms with Gasteiger partial charge in [0.15, 0.2) is 11.5 Å². The van der Waals surface area contributed by atoms with E-state index < -0.39 is 6.36 Å². The van der Waals surface area contributed by atoms with Gasteiger partial charge in [0.1, 0.15) is 24.4 Å². The van der Waals surface area contributed by atoms with Gasteiger partial charge in [-0.25, -0.2) is 0 Å². The molecule has 5 nitrogen and oxygen atoms in total. The van der Waals surface area contributed by atoms with Gasteiger partial charge in [-0.3, -0.25) is 4.79 Å². The summed E-state index contributed by atoms with van der Waals surface area (Å²) in [6.45, 7) is 0.415. The molecule has 0 spiro atoms. The number of alkyl halides is 3. The number of carbonyl (C=O) groups excluding carboxylic acids is 1. The SMILES string of the molecule is COc1ccccc1CCOc1cc(C=O)ccc1OCc1ccc(OC(F)(F)F)cc1. The van der Waals surface area contributed by atoms with Gasteiger partial charge < -0.3 is 18.9 Å². The topological polar surface area (TPSA) is 54.0 Å². The van der Waals surface area contributed by atoms with Crippen molar-refractivity contribution in [2.24, 2.45) is 0 Å². The molecule has 8 heteroatoms. The van der Waals surface area contributed by atoms with Gasteiger partial charge in [0.2, 0.25) is 0 Å². The van der Waals surface area contributed by atoms with Gasteiger partial charge in [0, 0.05) is 12.0 Å². The van der Waals surface area contributed by atoms with Gasteiger partial charge in [-0.2, -0.15) is 0 Å². The Balaban J connectivity index is 1.64. The Bertz CT molecular complexity index is 1030. The van der Waals surface area contributed by atoms with E-state index in [2.05, 4.69) is 4.74 Å². The summed E-state index contributed by atoms with van der Waals surface area (Å²) >= 11 is 0. The smallest absolute Gasteiger partial charge is 0.496 e. The fourth-order valence-corrected chi connectivity index (χ4v) is 2.96. The van der Waals surface area contributed by atoms with Crippen molar-refractivity contribution in [2.75, 3.05) is 13.7 Å². The van der Waals surface area contributed by atoms with Crippen molar-refractivity contribution in [3.8, 4) is 23.0 Å². The molecule has 0 heterocycles. The maximum Gasteiger partial charge on any atom is 0.573 e. The number of halogens is 3. The highest BCUT2D eigenvalue weighted by Crippen LogP contribution is 2.30. The molecular formula is C24H21F3O5.